The Morgan fingerprint density at radius 2 is 1.43 bits per heavy atom. The maximum atomic E-state index is 14.4. The third-order valence-corrected chi connectivity index (χ3v) is 9.61. The summed E-state index contributed by atoms with van der Waals surface area (Å²) in [6.07, 6.45) is -3.93. The molecule has 3 aliphatic heterocycles. The number of hydrogen-bond donors (Lipinski definition) is 0. The standard InChI is InChI=1S/C32H37F8N3O/c33-27-5-4-23(20-28(27)34)30(8-14-41-12-6-26(7-13-41)42-10-2-1-3-11-42)9-15-43(21-30)29(44)18-22-16-24(31(35,36)37)19-25(17-22)32(38,39)40/h4-5,16-17,19-20,26H,1-3,6-15,18,21H2. The number of rotatable bonds is 7. The molecule has 3 fully saturated rings. The molecule has 0 spiro atoms. The second kappa shape index (κ2) is 12.9. The van der Waals surface area contributed by atoms with Crippen LogP contribution in [0.15, 0.2) is 36.4 Å². The van der Waals surface area contributed by atoms with Crippen molar-refractivity contribution >= 4 is 5.91 Å². The lowest BCUT2D eigenvalue weighted by Gasteiger charge is -2.41. The topological polar surface area (TPSA) is 26.8 Å². The quantitative estimate of drug-likeness (QED) is 0.307. The zero-order valence-electron chi connectivity index (χ0n) is 24.4. The van der Waals surface area contributed by atoms with Crippen LogP contribution in [-0.2, 0) is 29.0 Å². The van der Waals surface area contributed by atoms with Crippen LogP contribution in [0.25, 0.3) is 0 Å². The van der Waals surface area contributed by atoms with Gasteiger partial charge in [-0.2, -0.15) is 26.3 Å². The first-order chi connectivity index (χ1) is 20.7. The highest BCUT2D eigenvalue weighted by atomic mass is 19.4. The third kappa shape index (κ3) is 7.55. The number of benzene rings is 2. The fourth-order valence-electron chi connectivity index (χ4n) is 7.07. The lowest BCUT2D eigenvalue weighted by molar-refractivity contribution is -0.143. The number of hydrogen-bond acceptors (Lipinski definition) is 3. The summed E-state index contributed by atoms with van der Waals surface area (Å²) in [5, 5.41) is 0. The molecule has 1 atom stereocenters. The van der Waals surface area contributed by atoms with Gasteiger partial charge in [-0.1, -0.05) is 12.5 Å². The minimum Gasteiger partial charge on any atom is -0.341 e. The number of amides is 1. The summed E-state index contributed by atoms with van der Waals surface area (Å²) in [5.74, 6) is -2.64. The van der Waals surface area contributed by atoms with Gasteiger partial charge in [-0.05, 0) is 113 Å². The van der Waals surface area contributed by atoms with Crippen molar-refractivity contribution in [1.29, 1.82) is 0 Å². The van der Waals surface area contributed by atoms with Gasteiger partial charge < -0.3 is 14.7 Å². The van der Waals surface area contributed by atoms with Crippen molar-refractivity contribution in [3.05, 3.63) is 70.3 Å². The Morgan fingerprint density at radius 1 is 0.795 bits per heavy atom. The number of carbonyl (C=O) groups is 1. The van der Waals surface area contributed by atoms with Crippen LogP contribution in [0.2, 0.25) is 0 Å². The Balaban J connectivity index is 1.29. The molecule has 0 radical (unpaired) electrons. The number of carbonyl (C=O) groups excluding carboxylic acids is 1. The van der Waals surface area contributed by atoms with Crippen LogP contribution in [-0.4, -0.2) is 72.5 Å². The van der Waals surface area contributed by atoms with E-state index in [1.807, 2.05) is 0 Å². The summed E-state index contributed by atoms with van der Waals surface area (Å²) in [7, 11) is 0. The first-order valence-electron chi connectivity index (χ1n) is 15.2. The Bertz CT molecular complexity index is 1280. The molecule has 242 valence electrons. The Kier molecular flexibility index (Phi) is 9.61. The van der Waals surface area contributed by atoms with E-state index >= 15 is 0 Å². The minimum atomic E-state index is -5.02. The largest absolute Gasteiger partial charge is 0.416 e. The molecule has 3 aliphatic rings. The van der Waals surface area contributed by atoms with Gasteiger partial charge in [0.2, 0.25) is 5.91 Å². The molecule has 3 saturated heterocycles. The van der Waals surface area contributed by atoms with Crippen molar-refractivity contribution in [1.82, 2.24) is 14.7 Å². The highest BCUT2D eigenvalue weighted by Crippen LogP contribution is 2.40. The fraction of sp³-hybridized carbons (Fsp3) is 0.594. The predicted molar refractivity (Wildman–Crippen MR) is 149 cm³/mol. The van der Waals surface area contributed by atoms with Crippen LogP contribution >= 0.6 is 0 Å². The number of likely N-dealkylation sites (tertiary alicyclic amines) is 3. The number of alkyl halides is 6. The zero-order chi connectivity index (χ0) is 31.7. The number of nitrogens with zero attached hydrogens (tertiary/aromatic N) is 3. The van der Waals surface area contributed by atoms with Gasteiger partial charge in [0.15, 0.2) is 11.6 Å². The van der Waals surface area contributed by atoms with Crippen molar-refractivity contribution < 1.29 is 39.9 Å². The van der Waals surface area contributed by atoms with E-state index in [1.165, 1.54) is 30.2 Å². The predicted octanol–water partition coefficient (Wildman–Crippen LogP) is 7.06. The molecule has 12 heteroatoms. The van der Waals surface area contributed by atoms with E-state index in [9.17, 15) is 39.9 Å². The van der Waals surface area contributed by atoms with Crippen LogP contribution in [0.1, 0.15) is 67.2 Å². The van der Waals surface area contributed by atoms with Crippen LogP contribution < -0.4 is 0 Å². The smallest absolute Gasteiger partial charge is 0.341 e. The van der Waals surface area contributed by atoms with Crippen molar-refractivity contribution in [3.8, 4) is 0 Å². The zero-order valence-corrected chi connectivity index (χ0v) is 24.4. The molecule has 2 aromatic rings. The van der Waals surface area contributed by atoms with Gasteiger partial charge in [0.05, 0.1) is 17.5 Å². The average Bonchev–Trinajstić information content (AvgIpc) is 3.43. The lowest BCUT2D eigenvalue weighted by atomic mass is 9.76. The molecule has 1 unspecified atom stereocenters. The van der Waals surface area contributed by atoms with Crippen LogP contribution in [0.4, 0.5) is 35.1 Å². The van der Waals surface area contributed by atoms with Gasteiger partial charge in [-0.25, -0.2) is 8.78 Å². The first kappa shape index (κ1) is 32.7. The van der Waals surface area contributed by atoms with Crippen LogP contribution in [0, 0.1) is 11.6 Å². The SMILES string of the molecule is O=C(Cc1cc(C(F)(F)F)cc(C(F)(F)F)c1)N1CCC(CCN2CCC(N3CCCCC3)CC2)(c2ccc(F)c(F)c2)C1. The molecule has 5 rings (SSSR count). The van der Waals surface area contributed by atoms with Gasteiger partial charge in [0.25, 0.3) is 0 Å². The van der Waals surface area contributed by atoms with E-state index in [1.54, 1.807) is 0 Å². The molecule has 44 heavy (non-hydrogen) atoms. The maximum absolute atomic E-state index is 14.4. The summed E-state index contributed by atoms with van der Waals surface area (Å²) in [5.41, 5.74) is -3.56. The lowest BCUT2D eigenvalue weighted by Crippen LogP contribution is -2.47. The van der Waals surface area contributed by atoms with Crippen molar-refractivity contribution in [3.63, 3.8) is 0 Å². The summed E-state index contributed by atoms with van der Waals surface area (Å²) < 4.78 is 108. The Hall–Kier alpha value is -2.73. The summed E-state index contributed by atoms with van der Waals surface area (Å²) >= 11 is 0. The molecular formula is C32H37F8N3O. The van der Waals surface area contributed by atoms with Gasteiger partial charge in [-0.3, -0.25) is 4.79 Å². The first-order valence-corrected chi connectivity index (χ1v) is 15.2. The van der Waals surface area contributed by atoms with E-state index in [0.717, 1.165) is 51.2 Å². The molecule has 4 nitrogen and oxygen atoms in total. The van der Waals surface area contributed by atoms with E-state index in [-0.39, 0.29) is 24.7 Å². The van der Waals surface area contributed by atoms with Gasteiger partial charge in [0.1, 0.15) is 0 Å². The van der Waals surface area contributed by atoms with E-state index in [0.29, 0.717) is 43.1 Å². The molecular weight excluding hydrogens is 594 g/mol. The van der Waals surface area contributed by atoms with Gasteiger partial charge in [0, 0.05) is 24.5 Å². The van der Waals surface area contributed by atoms with Crippen molar-refractivity contribution in [2.75, 3.05) is 45.8 Å². The highest BCUT2D eigenvalue weighted by Gasteiger charge is 2.43. The van der Waals surface area contributed by atoms with Gasteiger partial charge >= 0.3 is 12.4 Å². The van der Waals surface area contributed by atoms with Crippen molar-refractivity contribution in [2.45, 2.75) is 75.2 Å². The van der Waals surface area contributed by atoms with E-state index in [2.05, 4.69) is 9.80 Å². The summed E-state index contributed by atoms with van der Waals surface area (Å²) in [4.78, 5) is 19.6. The molecule has 0 bridgehead atoms. The molecule has 0 aromatic heterocycles. The number of halogens is 8. The normalized spacial score (nSPS) is 23.0. The molecule has 3 heterocycles. The molecule has 2 aromatic carbocycles. The van der Waals surface area contributed by atoms with Crippen molar-refractivity contribution in [2.24, 2.45) is 0 Å². The van der Waals surface area contributed by atoms with E-state index < -0.39 is 52.9 Å². The molecule has 0 N–H and O–H groups in total. The van der Waals surface area contributed by atoms with Gasteiger partial charge in [-0.15, -0.1) is 0 Å². The minimum absolute atomic E-state index is 0.0350. The second-order valence-corrected chi connectivity index (χ2v) is 12.5. The molecule has 0 aliphatic carbocycles. The average molecular weight is 632 g/mol. The monoisotopic (exact) mass is 631 g/mol. The summed E-state index contributed by atoms with van der Waals surface area (Å²) in [6, 6.07) is 5.40. The molecule has 1 amide bonds. The van der Waals surface area contributed by atoms with E-state index in [4.69, 9.17) is 0 Å². The second-order valence-electron chi connectivity index (χ2n) is 12.5. The third-order valence-electron chi connectivity index (χ3n) is 9.61. The number of piperidine rings is 2. The van der Waals surface area contributed by atoms with Crippen LogP contribution in [0.3, 0.4) is 0 Å². The van der Waals surface area contributed by atoms with Crippen LogP contribution in [0.5, 0.6) is 0 Å². The summed E-state index contributed by atoms with van der Waals surface area (Å²) in [6.45, 7) is 5.02. The molecule has 0 saturated carbocycles. The Labute approximate surface area is 252 Å². The maximum Gasteiger partial charge on any atom is 0.416 e. The Morgan fingerprint density at radius 3 is 2.02 bits per heavy atom. The highest BCUT2D eigenvalue weighted by molar-refractivity contribution is 5.79. The fourth-order valence-corrected chi connectivity index (χ4v) is 7.07.